The summed E-state index contributed by atoms with van der Waals surface area (Å²) in [6.07, 6.45) is 0. The van der Waals surface area contributed by atoms with Crippen LogP contribution in [0.4, 0.5) is 5.13 Å². The zero-order valence-corrected chi connectivity index (χ0v) is 11.1. The molecule has 4 nitrogen and oxygen atoms in total. The second-order valence-corrected chi connectivity index (χ2v) is 4.31. The van der Waals surface area contributed by atoms with Crippen LogP contribution in [0.1, 0.15) is 19.5 Å². The number of hydrogen-bond donors (Lipinski definition) is 1. The van der Waals surface area contributed by atoms with Gasteiger partial charge in [-0.15, -0.1) is 11.3 Å². The lowest BCUT2D eigenvalue weighted by Crippen LogP contribution is -2.26. The topological polar surface area (TPSA) is 37.4 Å². The summed E-state index contributed by atoms with van der Waals surface area (Å²) in [7, 11) is 1.73. The number of nitrogens with zero attached hydrogens (tertiary/aromatic N) is 2. The molecule has 0 unspecified atom stereocenters. The number of aromatic nitrogens is 1. The maximum atomic E-state index is 5.09. The number of hydrogen-bond acceptors (Lipinski definition) is 5. The van der Waals surface area contributed by atoms with Crippen LogP contribution in [0.15, 0.2) is 5.38 Å². The van der Waals surface area contributed by atoms with E-state index in [1.54, 1.807) is 18.4 Å². The highest BCUT2D eigenvalue weighted by Gasteiger charge is 2.08. The molecule has 0 amide bonds. The zero-order chi connectivity index (χ0) is 11.8. The van der Waals surface area contributed by atoms with Gasteiger partial charge >= 0.3 is 0 Å². The Morgan fingerprint density at radius 3 is 2.94 bits per heavy atom. The van der Waals surface area contributed by atoms with Crippen molar-refractivity contribution in [3.8, 4) is 0 Å². The van der Waals surface area contributed by atoms with Gasteiger partial charge in [-0.05, 0) is 13.5 Å². The van der Waals surface area contributed by atoms with Crippen molar-refractivity contribution in [2.75, 3.05) is 38.3 Å². The maximum absolute atomic E-state index is 5.09. The third-order valence-corrected chi connectivity index (χ3v) is 3.26. The molecule has 0 bridgehead atoms. The Labute approximate surface area is 102 Å². The predicted molar refractivity (Wildman–Crippen MR) is 69.3 cm³/mol. The van der Waals surface area contributed by atoms with Crippen LogP contribution < -0.4 is 10.2 Å². The van der Waals surface area contributed by atoms with Gasteiger partial charge in [0.1, 0.15) is 0 Å². The Bertz CT molecular complexity index is 291. The summed E-state index contributed by atoms with van der Waals surface area (Å²) in [5, 5.41) is 6.49. The summed E-state index contributed by atoms with van der Waals surface area (Å²) >= 11 is 1.70. The van der Waals surface area contributed by atoms with Crippen LogP contribution in [-0.2, 0) is 11.3 Å². The SMILES string of the molecule is CCNCc1csc(N(CC)CCOC)n1. The average Bonchev–Trinajstić information content (AvgIpc) is 2.76. The number of nitrogens with one attached hydrogen (secondary N) is 1. The fraction of sp³-hybridized carbons (Fsp3) is 0.727. The summed E-state index contributed by atoms with van der Waals surface area (Å²) in [5.74, 6) is 0. The zero-order valence-electron chi connectivity index (χ0n) is 10.3. The molecule has 16 heavy (non-hydrogen) atoms. The van der Waals surface area contributed by atoms with Crippen molar-refractivity contribution in [3.63, 3.8) is 0 Å². The Morgan fingerprint density at radius 1 is 1.50 bits per heavy atom. The van der Waals surface area contributed by atoms with Gasteiger partial charge in [0.2, 0.25) is 0 Å². The number of methoxy groups -OCH3 is 1. The highest BCUT2D eigenvalue weighted by atomic mass is 32.1. The molecule has 1 aromatic rings. The molecule has 0 aliphatic heterocycles. The molecule has 0 aliphatic carbocycles. The van der Waals surface area contributed by atoms with Gasteiger partial charge in [-0.3, -0.25) is 0 Å². The minimum Gasteiger partial charge on any atom is -0.383 e. The molecule has 92 valence electrons. The first-order chi connectivity index (χ1) is 7.81. The van der Waals surface area contributed by atoms with Gasteiger partial charge in [0.15, 0.2) is 5.13 Å². The first kappa shape index (κ1) is 13.4. The van der Waals surface area contributed by atoms with Crippen molar-refractivity contribution >= 4 is 16.5 Å². The van der Waals surface area contributed by atoms with E-state index in [1.165, 1.54) is 0 Å². The Kier molecular flexibility index (Phi) is 6.37. The van der Waals surface area contributed by atoms with Crippen LogP contribution in [0.3, 0.4) is 0 Å². The quantitative estimate of drug-likeness (QED) is 0.754. The number of ether oxygens (including phenoxy) is 1. The van der Waals surface area contributed by atoms with Gasteiger partial charge in [-0.25, -0.2) is 4.98 Å². The number of thiazole rings is 1. The number of rotatable bonds is 8. The van der Waals surface area contributed by atoms with Gasteiger partial charge in [0.05, 0.1) is 12.3 Å². The van der Waals surface area contributed by atoms with Gasteiger partial charge in [0.25, 0.3) is 0 Å². The Morgan fingerprint density at radius 2 is 2.31 bits per heavy atom. The van der Waals surface area contributed by atoms with Crippen LogP contribution in [-0.4, -0.2) is 38.3 Å². The average molecular weight is 243 g/mol. The standard InChI is InChI=1S/C11H21N3OS/c1-4-12-8-10-9-16-11(13-10)14(5-2)6-7-15-3/h9,12H,4-8H2,1-3H3. The lowest BCUT2D eigenvalue weighted by molar-refractivity contribution is 0.205. The highest BCUT2D eigenvalue weighted by Crippen LogP contribution is 2.19. The molecular formula is C11H21N3OS. The molecule has 0 atom stereocenters. The molecule has 1 N–H and O–H groups in total. The van der Waals surface area contributed by atoms with Crippen LogP contribution in [0.5, 0.6) is 0 Å². The second-order valence-electron chi connectivity index (χ2n) is 3.47. The third-order valence-electron chi connectivity index (χ3n) is 2.31. The van der Waals surface area contributed by atoms with Crippen molar-refractivity contribution in [3.05, 3.63) is 11.1 Å². The van der Waals surface area contributed by atoms with E-state index in [9.17, 15) is 0 Å². The first-order valence-electron chi connectivity index (χ1n) is 5.70. The smallest absolute Gasteiger partial charge is 0.185 e. The molecule has 0 saturated heterocycles. The third kappa shape index (κ3) is 4.08. The van der Waals surface area contributed by atoms with E-state index in [0.717, 1.165) is 43.6 Å². The normalized spacial score (nSPS) is 10.7. The monoisotopic (exact) mass is 243 g/mol. The van der Waals surface area contributed by atoms with Gasteiger partial charge < -0.3 is 15.0 Å². The summed E-state index contributed by atoms with van der Waals surface area (Å²) in [5.41, 5.74) is 1.12. The minimum atomic E-state index is 0.746. The van der Waals surface area contributed by atoms with Crippen LogP contribution in [0, 0.1) is 0 Å². The molecule has 0 spiro atoms. The summed E-state index contributed by atoms with van der Waals surface area (Å²) in [4.78, 5) is 6.84. The van der Waals surface area contributed by atoms with Gasteiger partial charge in [-0.1, -0.05) is 6.92 Å². The molecule has 5 heteroatoms. The fourth-order valence-electron chi connectivity index (χ4n) is 1.37. The molecular weight excluding hydrogens is 222 g/mol. The molecule has 0 aromatic carbocycles. The molecule has 1 heterocycles. The maximum Gasteiger partial charge on any atom is 0.185 e. The molecule has 0 aliphatic rings. The molecule has 0 saturated carbocycles. The first-order valence-corrected chi connectivity index (χ1v) is 6.58. The molecule has 0 fully saturated rings. The molecule has 1 rings (SSSR count). The van der Waals surface area contributed by atoms with Crippen LogP contribution in [0.2, 0.25) is 0 Å². The second kappa shape index (κ2) is 7.60. The van der Waals surface area contributed by atoms with Crippen molar-refractivity contribution in [1.29, 1.82) is 0 Å². The van der Waals surface area contributed by atoms with E-state index < -0.39 is 0 Å². The van der Waals surface area contributed by atoms with E-state index in [4.69, 9.17) is 4.74 Å². The van der Waals surface area contributed by atoms with Crippen molar-refractivity contribution in [2.45, 2.75) is 20.4 Å². The minimum absolute atomic E-state index is 0.746. The predicted octanol–water partition coefficient (Wildman–Crippen LogP) is 1.73. The Hall–Kier alpha value is -0.650. The van der Waals surface area contributed by atoms with E-state index in [-0.39, 0.29) is 0 Å². The summed E-state index contributed by atoms with van der Waals surface area (Å²) in [6, 6.07) is 0. The van der Waals surface area contributed by atoms with Crippen LogP contribution >= 0.6 is 11.3 Å². The lowest BCUT2D eigenvalue weighted by atomic mass is 10.5. The number of anilines is 1. The Balaban J connectivity index is 2.52. The summed E-state index contributed by atoms with van der Waals surface area (Å²) < 4.78 is 5.09. The van der Waals surface area contributed by atoms with Crippen molar-refractivity contribution in [1.82, 2.24) is 10.3 Å². The van der Waals surface area contributed by atoms with Crippen LogP contribution in [0.25, 0.3) is 0 Å². The van der Waals surface area contributed by atoms with E-state index in [2.05, 4.69) is 34.4 Å². The van der Waals surface area contributed by atoms with Crippen molar-refractivity contribution < 1.29 is 4.74 Å². The van der Waals surface area contributed by atoms with E-state index >= 15 is 0 Å². The van der Waals surface area contributed by atoms with Crippen molar-refractivity contribution in [2.24, 2.45) is 0 Å². The largest absolute Gasteiger partial charge is 0.383 e. The lowest BCUT2D eigenvalue weighted by Gasteiger charge is -2.18. The van der Waals surface area contributed by atoms with Gasteiger partial charge in [-0.2, -0.15) is 0 Å². The number of likely N-dealkylation sites (N-methyl/N-ethyl adjacent to an activating group) is 1. The van der Waals surface area contributed by atoms with Gasteiger partial charge in [0, 0.05) is 32.1 Å². The van der Waals surface area contributed by atoms with E-state index in [0.29, 0.717) is 0 Å². The summed E-state index contributed by atoms with van der Waals surface area (Å²) in [6.45, 7) is 8.70. The fourth-order valence-corrected chi connectivity index (χ4v) is 2.28. The molecule has 0 radical (unpaired) electrons. The highest BCUT2D eigenvalue weighted by molar-refractivity contribution is 7.13. The molecule has 1 aromatic heterocycles. The van der Waals surface area contributed by atoms with E-state index in [1.807, 2.05) is 0 Å².